The Labute approximate surface area is 158 Å². The van der Waals surface area contributed by atoms with Crippen molar-refractivity contribution in [1.82, 2.24) is 4.98 Å². The number of aromatic nitrogens is 2. The lowest BCUT2D eigenvalue weighted by atomic mass is 10.1. The summed E-state index contributed by atoms with van der Waals surface area (Å²) in [5.74, 6) is -0.211. The second-order valence-electron chi connectivity index (χ2n) is 5.60. The number of hydrogen-bond acceptors (Lipinski definition) is 4. The fraction of sp³-hybridized carbons (Fsp3) is 0.105. The number of hydrogen-bond donors (Lipinski definition) is 1. The Kier molecular flexibility index (Phi) is 5.73. The van der Waals surface area contributed by atoms with Crippen LogP contribution in [0.1, 0.15) is 15.9 Å². The van der Waals surface area contributed by atoms with Crippen molar-refractivity contribution in [3.05, 3.63) is 84.4 Å². The Bertz CT molecular complexity index is 915. The van der Waals surface area contributed by atoms with Crippen molar-refractivity contribution in [1.29, 1.82) is 0 Å². The van der Waals surface area contributed by atoms with Gasteiger partial charge in [-0.25, -0.2) is 0 Å². The van der Waals surface area contributed by atoms with Gasteiger partial charge in [-0.15, -0.1) is 18.6 Å². The molecule has 1 heterocycles. The van der Waals surface area contributed by atoms with Gasteiger partial charge in [-0.1, -0.05) is 16.8 Å². The van der Waals surface area contributed by atoms with Crippen LogP contribution in [0.5, 0.6) is 11.5 Å². The van der Waals surface area contributed by atoms with E-state index in [4.69, 9.17) is 4.74 Å². The zero-order valence-electron chi connectivity index (χ0n) is 14.4. The fourth-order valence-electron chi connectivity index (χ4n) is 2.23. The van der Waals surface area contributed by atoms with Crippen molar-refractivity contribution >= 4 is 5.91 Å². The fourth-order valence-corrected chi connectivity index (χ4v) is 2.23. The number of carbonyl (C=O) groups is 1. The van der Waals surface area contributed by atoms with Gasteiger partial charge in [0.15, 0.2) is 0 Å². The number of benzene rings is 2. The first-order valence-electron chi connectivity index (χ1n) is 8.09. The van der Waals surface area contributed by atoms with Crippen LogP contribution in [0.3, 0.4) is 0 Å². The van der Waals surface area contributed by atoms with Gasteiger partial charge in [0.1, 0.15) is 18.1 Å². The number of alkyl halides is 3. The Balaban J connectivity index is 1.53. The first kappa shape index (κ1) is 19.2. The highest BCUT2D eigenvalue weighted by atomic mass is 19.4. The minimum absolute atomic E-state index is 0.195. The molecule has 1 amide bonds. The number of rotatable bonds is 6. The first-order valence-corrected chi connectivity index (χ1v) is 8.09. The van der Waals surface area contributed by atoms with Crippen molar-refractivity contribution in [3.8, 4) is 11.5 Å². The molecule has 3 aromatic rings. The van der Waals surface area contributed by atoms with Gasteiger partial charge < -0.3 is 9.47 Å². The molecule has 3 rings (SSSR count). The molecule has 0 spiro atoms. The van der Waals surface area contributed by atoms with Crippen LogP contribution in [-0.4, -0.2) is 17.3 Å². The highest BCUT2D eigenvalue weighted by Gasteiger charge is 2.30. The molecule has 28 heavy (non-hydrogen) atoms. The molecular weight excluding hydrogens is 375 g/mol. The second kappa shape index (κ2) is 8.38. The SMILES string of the molecule is O=C(N[n+]1ccncc1)c1ccc(COc2ccc(OC(F)(F)F)cc2)cc1. The first-order chi connectivity index (χ1) is 13.4. The summed E-state index contributed by atoms with van der Waals surface area (Å²) < 4.78 is 47.2. The predicted molar refractivity (Wildman–Crippen MR) is 92.0 cm³/mol. The quantitative estimate of drug-likeness (QED) is 0.657. The lowest BCUT2D eigenvalue weighted by Gasteiger charge is -2.10. The Hall–Kier alpha value is -3.62. The second-order valence-corrected chi connectivity index (χ2v) is 5.60. The molecule has 0 bridgehead atoms. The topological polar surface area (TPSA) is 64.3 Å². The minimum atomic E-state index is -4.73. The maximum atomic E-state index is 12.2. The third kappa shape index (κ3) is 5.70. The van der Waals surface area contributed by atoms with Crippen LogP contribution in [-0.2, 0) is 6.61 Å². The van der Waals surface area contributed by atoms with E-state index in [1.807, 2.05) is 0 Å². The summed E-state index contributed by atoms with van der Waals surface area (Å²) in [5.41, 5.74) is 3.93. The van der Waals surface area contributed by atoms with Gasteiger partial charge in [-0.2, -0.15) is 0 Å². The van der Waals surface area contributed by atoms with Gasteiger partial charge in [0.2, 0.25) is 12.4 Å². The molecule has 1 N–H and O–H groups in total. The zero-order valence-corrected chi connectivity index (χ0v) is 14.4. The van der Waals surface area contributed by atoms with Crippen LogP contribution in [0.2, 0.25) is 0 Å². The molecule has 0 fully saturated rings. The largest absolute Gasteiger partial charge is 0.573 e. The third-order valence-electron chi connectivity index (χ3n) is 3.54. The van der Waals surface area contributed by atoms with Gasteiger partial charge in [-0.05, 0) is 42.0 Å². The molecule has 9 heteroatoms. The van der Waals surface area contributed by atoms with Crippen molar-refractivity contribution in [2.24, 2.45) is 0 Å². The third-order valence-corrected chi connectivity index (χ3v) is 3.54. The van der Waals surface area contributed by atoms with E-state index in [9.17, 15) is 18.0 Å². The monoisotopic (exact) mass is 390 g/mol. The van der Waals surface area contributed by atoms with Gasteiger partial charge in [0, 0.05) is 5.56 Å². The maximum Gasteiger partial charge on any atom is 0.573 e. The molecule has 0 aliphatic heterocycles. The van der Waals surface area contributed by atoms with E-state index in [1.165, 1.54) is 28.9 Å². The lowest BCUT2D eigenvalue weighted by molar-refractivity contribution is -0.641. The molecule has 0 saturated heterocycles. The zero-order chi connectivity index (χ0) is 20.0. The van der Waals surface area contributed by atoms with Crippen molar-refractivity contribution in [2.75, 3.05) is 5.43 Å². The number of ether oxygens (including phenoxy) is 2. The van der Waals surface area contributed by atoms with Gasteiger partial charge in [0.25, 0.3) is 0 Å². The average molecular weight is 390 g/mol. The summed E-state index contributed by atoms with van der Waals surface area (Å²) in [6.45, 7) is 0.195. The summed E-state index contributed by atoms with van der Waals surface area (Å²) in [7, 11) is 0. The normalized spacial score (nSPS) is 11.0. The summed E-state index contributed by atoms with van der Waals surface area (Å²) in [6.07, 6.45) is 1.56. The summed E-state index contributed by atoms with van der Waals surface area (Å²) in [5, 5.41) is 0. The van der Waals surface area contributed by atoms with E-state index < -0.39 is 6.36 Å². The van der Waals surface area contributed by atoms with E-state index in [1.54, 1.807) is 49.1 Å². The van der Waals surface area contributed by atoms with Crippen molar-refractivity contribution in [3.63, 3.8) is 0 Å². The Morgan fingerprint density at radius 1 is 0.964 bits per heavy atom. The summed E-state index contributed by atoms with van der Waals surface area (Å²) in [6, 6.07) is 11.9. The summed E-state index contributed by atoms with van der Waals surface area (Å²) >= 11 is 0. The Morgan fingerprint density at radius 2 is 1.57 bits per heavy atom. The highest BCUT2D eigenvalue weighted by molar-refractivity contribution is 5.98. The van der Waals surface area contributed by atoms with Crippen LogP contribution >= 0.6 is 0 Å². The number of nitrogens with zero attached hydrogens (tertiary/aromatic N) is 2. The minimum Gasteiger partial charge on any atom is -0.489 e. The Morgan fingerprint density at radius 3 is 2.18 bits per heavy atom. The van der Waals surface area contributed by atoms with Crippen LogP contribution < -0.4 is 19.6 Å². The molecule has 144 valence electrons. The van der Waals surface area contributed by atoms with E-state index in [0.29, 0.717) is 11.3 Å². The van der Waals surface area contributed by atoms with E-state index in [2.05, 4.69) is 15.1 Å². The standard InChI is InChI=1S/C19H14F3N3O3/c20-19(21,22)28-17-7-5-16(6-8-17)27-13-14-1-3-15(4-2-14)18(26)24-25-11-9-23-10-12-25/h1-12H,13H2/p+1. The molecule has 6 nitrogen and oxygen atoms in total. The van der Waals surface area contributed by atoms with Crippen LogP contribution in [0.15, 0.2) is 73.3 Å². The number of carbonyl (C=O) groups excluding carboxylic acids is 1. The van der Waals surface area contributed by atoms with Gasteiger partial charge in [0.05, 0.1) is 12.4 Å². The molecule has 2 aromatic carbocycles. The van der Waals surface area contributed by atoms with Gasteiger partial charge in [-0.3, -0.25) is 9.78 Å². The van der Waals surface area contributed by atoms with Gasteiger partial charge >= 0.3 is 12.3 Å². The molecule has 0 aliphatic carbocycles. The van der Waals surface area contributed by atoms with Crippen LogP contribution in [0.25, 0.3) is 0 Å². The maximum absolute atomic E-state index is 12.2. The van der Waals surface area contributed by atoms with Crippen LogP contribution in [0, 0.1) is 0 Å². The smallest absolute Gasteiger partial charge is 0.489 e. The number of nitrogens with one attached hydrogen (secondary N) is 1. The predicted octanol–water partition coefficient (Wildman–Crippen LogP) is 3.23. The average Bonchev–Trinajstić information content (AvgIpc) is 2.67. The van der Waals surface area contributed by atoms with Crippen molar-refractivity contribution < 1.29 is 32.1 Å². The molecule has 0 saturated carbocycles. The number of halogens is 3. The van der Waals surface area contributed by atoms with Crippen molar-refractivity contribution in [2.45, 2.75) is 13.0 Å². The molecule has 0 unspecified atom stereocenters. The molecule has 0 radical (unpaired) electrons. The van der Waals surface area contributed by atoms with E-state index in [-0.39, 0.29) is 18.3 Å². The molecule has 1 aromatic heterocycles. The lowest BCUT2D eigenvalue weighted by Crippen LogP contribution is -2.47. The van der Waals surface area contributed by atoms with Crippen LogP contribution in [0.4, 0.5) is 13.2 Å². The molecular formula is C19H15F3N3O3+. The number of amides is 1. The van der Waals surface area contributed by atoms with E-state index >= 15 is 0 Å². The summed E-state index contributed by atoms with van der Waals surface area (Å²) in [4.78, 5) is 16.0. The highest BCUT2D eigenvalue weighted by Crippen LogP contribution is 2.25. The molecule has 0 aliphatic rings. The molecule has 0 atom stereocenters. The van der Waals surface area contributed by atoms with E-state index in [0.717, 1.165) is 5.56 Å².